The van der Waals surface area contributed by atoms with Crippen LogP contribution in [0.2, 0.25) is 5.02 Å². The molecule has 1 N–H and O–H groups in total. The van der Waals surface area contributed by atoms with E-state index in [1.54, 1.807) is 24.1 Å². The van der Waals surface area contributed by atoms with Crippen molar-refractivity contribution in [2.45, 2.75) is 38.9 Å². The molecule has 0 aromatic heterocycles. The molecule has 3 rings (SSSR count). The summed E-state index contributed by atoms with van der Waals surface area (Å²) in [6.07, 6.45) is 1.06. The monoisotopic (exact) mass is 464 g/mol. The molecule has 5 nitrogen and oxygen atoms in total. The molecule has 0 aliphatic carbocycles. The molecule has 3 aromatic carbocycles. The molecule has 0 fully saturated rings. The summed E-state index contributed by atoms with van der Waals surface area (Å²) in [6, 6.07) is 23.5. The molecule has 0 radical (unpaired) electrons. The van der Waals surface area contributed by atoms with Gasteiger partial charge in [0.15, 0.2) is 0 Å². The Morgan fingerprint density at radius 3 is 2.18 bits per heavy atom. The maximum absolute atomic E-state index is 13.5. The summed E-state index contributed by atoms with van der Waals surface area (Å²) in [5, 5.41) is 3.64. The number of carbonyl (C=O) groups excluding carboxylic acids is 2. The number of hydrogen-bond acceptors (Lipinski definition) is 3. The van der Waals surface area contributed by atoms with Gasteiger partial charge in [0.25, 0.3) is 0 Å². The second kappa shape index (κ2) is 12.1. The molecule has 0 saturated heterocycles. The molecule has 2 amide bonds. The van der Waals surface area contributed by atoms with Crippen LogP contribution >= 0.6 is 11.6 Å². The van der Waals surface area contributed by atoms with Gasteiger partial charge in [0.1, 0.15) is 11.8 Å². The molecule has 0 bridgehead atoms. The molecule has 0 aliphatic rings. The zero-order valence-corrected chi connectivity index (χ0v) is 19.7. The number of nitrogens with one attached hydrogen (secondary N) is 1. The van der Waals surface area contributed by atoms with Crippen LogP contribution in [0.1, 0.15) is 42.5 Å². The van der Waals surface area contributed by atoms with E-state index in [9.17, 15) is 9.59 Å². The SMILES string of the molecule is CCCC(=O)N(Cc1ccc(Cl)cc1)[C@@H](C(=O)NCc1ccc(OC)cc1)c1ccccc1. The number of amides is 2. The second-order valence-corrected chi connectivity index (χ2v) is 8.21. The number of carbonyl (C=O) groups is 2. The van der Waals surface area contributed by atoms with Crippen LogP contribution in [-0.2, 0) is 22.7 Å². The average Bonchev–Trinajstić information content (AvgIpc) is 2.84. The zero-order valence-electron chi connectivity index (χ0n) is 19.0. The van der Waals surface area contributed by atoms with E-state index in [0.29, 0.717) is 31.0 Å². The van der Waals surface area contributed by atoms with Crippen molar-refractivity contribution in [1.29, 1.82) is 0 Å². The lowest BCUT2D eigenvalue weighted by Gasteiger charge is -2.31. The normalized spacial score (nSPS) is 11.5. The summed E-state index contributed by atoms with van der Waals surface area (Å²) >= 11 is 6.04. The molecule has 0 saturated carbocycles. The van der Waals surface area contributed by atoms with Gasteiger partial charge >= 0.3 is 0 Å². The smallest absolute Gasteiger partial charge is 0.247 e. The molecular weight excluding hydrogens is 436 g/mol. The Morgan fingerprint density at radius 1 is 0.939 bits per heavy atom. The van der Waals surface area contributed by atoms with E-state index in [2.05, 4.69) is 5.32 Å². The van der Waals surface area contributed by atoms with Gasteiger partial charge in [-0.15, -0.1) is 0 Å². The third-order valence-corrected chi connectivity index (χ3v) is 5.60. The van der Waals surface area contributed by atoms with Crippen LogP contribution in [-0.4, -0.2) is 23.8 Å². The lowest BCUT2D eigenvalue weighted by molar-refractivity contribution is -0.141. The Labute approximate surface area is 200 Å². The van der Waals surface area contributed by atoms with Crippen molar-refractivity contribution in [3.63, 3.8) is 0 Å². The number of nitrogens with zero attached hydrogens (tertiary/aromatic N) is 1. The molecule has 0 heterocycles. The van der Waals surface area contributed by atoms with E-state index in [1.165, 1.54) is 0 Å². The fourth-order valence-corrected chi connectivity index (χ4v) is 3.73. The number of hydrogen-bond donors (Lipinski definition) is 1. The molecular formula is C27H29ClN2O3. The third kappa shape index (κ3) is 6.83. The van der Waals surface area contributed by atoms with E-state index in [4.69, 9.17) is 16.3 Å². The lowest BCUT2D eigenvalue weighted by Crippen LogP contribution is -2.43. The highest BCUT2D eigenvalue weighted by Gasteiger charge is 2.31. The van der Waals surface area contributed by atoms with E-state index in [-0.39, 0.29) is 11.8 Å². The Balaban J connectivity index is 1.88. The minimum absolute atomic E-state index is 0.0686. The summed E-state index contributed by atoms with van der Waals surface area (Å²) in [5.41, 5.74) is 2.62. The second-order valence-electron chi connectivity index (χ2n) is 7.78. The molecule has 33 heavy (non-hydrogen) atoms. The minimum atomic E-state index is -0.751. The Morgan fingerprint density at radius 2 is 1.58 bits per heavy atom. The van der Waals surface area contributed by atoms with Gasteiger partial charge in [-0.3, -0.25) is 9.59 Å². The maximum atomic E-state index is 13.5. The minimum Gasteiger partial charge on any atom is -0.497 e. The van der Waals surface area contributed by atoms with Crippen molar-refractivity contribution in [2.24, 2.45) is 0 Å². The lowest BCUT2D eigenvalue weighted by atomic mass is 10.0. The van der Waals surface area contributed by atoms with E-state index < -0.39 is 6.04 Å². The maximum Gasteiger partial charge on any atom is 0.247 e. The van der Waals surface area contributed by atoms with Crippen molar-refractivity contribution in [2.75, 3.05) is 7.11 Å². The first-order chi connectivity index (χ1) is 16.0. The first-order valence-corrected chi connectivity index (χ1v) is 11.4. The Bertz CT molecular complexity index is 1040. The van der Waals surface area contributed by atoms with Crippen molar-refractivity contribution in [3.05, 3.63) is 101 Å². The van der Waals surface area contributed by atoms with Crippen LogP contribution in [0.25, 0.3) is 0 Å². The van der Waals surface area contributed by atoms with Gasteiger partial charge in [-0.05, 0) is 47.4 Å². The van der Waals surface area contributed by atoms with Crippen molar-refractivity contribution < 1.29 is 14.3 Å². The molecule has 6 heteroatoms. The summed E-state index contributed by atoms with van der Waals surface area (Å²) < 4.78 is 5.20. The van der Waals surface area contributed by atoms with Crippen molar-refractivity contribution >= 4 is 23.4 Å². The number of halogens is 1. The Kier molecular flexibility index (Phi) is 8.90. The van der Waals surface area contributed by atoms with Crippen LogP contribution in [0.3, 0.4) is 0 Å². The Hall–Kier alpha value is -3.31. The fraction of sp³-hybridized carbons (Fsp3) is 0.259. The molecule has 3 aromatic rings. The van der Waals surface area contributed by atoms with Gasteiger partial charge in [0.2, 0.25) is 11.8 Å². The predicted octanol–water partition coefficient (Wildman–Crippen LogP) is 5.54. The largest absolute Gasteiger partial charge is 0.497 e. The topological polar surface area (TPSA) is 58.6 Å². The van der Waals surface area contributed by atoms with Crippen LogP contribution in [0.5, 0.6) is 5.75 Å². The van der Waals surface area contributed by atoms with Gasteiger partial charge in [-0.25, -0.2) is 0 Å². The number of ether oxygens (including phenoxy) is 1. The van der Waals surface area contributed by atoms with Crippen molar-refractivity contribution in [3.8, 4) is 5.75 Å². The highest BCUT2D eigenvalue weighted by atomic mass is 35.5. The highest BCUT2D eigenvalue weighted by molar-refractivity contribution is 6.30. The van der Waals surface area contributed by atoms with Crippen LogP contribution in [0.4, 0.5) is 0 Å². The summed E-state index contributed by atoms with van der Waals surface area (Å²) in [7, 11) is 1.61. The van der Waals surface area contributed by atoms with Crippen LogP contribution in [0, 0.1) is 0 Å². The highest BCUT2D eigenvalue weighted by Crippen LogP contribution is 2.25. The third-order valence-electron chi connectivity index (χ3n) is 5.35. The van der Waals surface area contributed by atoms with Gasteiger partial charge in [-0.2, -0.15) is 0 Å². The summed E-state index contributed by atoms with van der Waals surface area (Å²) in [5.74, 6) is 0.461. The van der Waals surface area contributed by atoms with Gasteiger partial charge < -0.3 is 15.0 Å². The summed E-state index contributed by atoms with van der Waals surface area (Å²) in [4.78, 5) is 28.3. The van der Waals surface area contributed by atoms with Gasteiger partial charge in [-0.1, -0.05) is 73.1 Å². The van der Waals surface area contributed by atoms with Crippen molar-refractivity contribution in [1.82, 2.24) is 10.2 Å². The van der Waals surface area contributed by atoms with Gasteiger partial charge in [0.05, 0.1) is 7.11 Å². The molecule has 0 unspecified atom stereocenters. The average molecular weight is 465 g/mol. The van der Waals surface area contributed by atoms with E-state index in [1.807, 2.05) is 73.7 Å². The molecule has 0 spiro atoms. The van der Waals surface area contributed by atoms with Crippen LogP contribution < -0.4 is 10.1 Å². The summed E-state index contributed by atoms with van der Waals surface area (Å²) in [6.45, 7) is 2.62. The molecule has 172 valence electrons. The zero-order chi connectivity index (χ0) is 23.6. The number of methoxy groups -OCH3 is 1. The first kappa shape index (κ1) is 24.3. The first-order valence-electron chi connectivity index (χ1n) is 11.0. The molecule has 1 atom stereocenters. The van der Waals surface area contributed by atoms with Gasteiger partial charge in [0, 0.05) is 24.5 Å². The standard InChI is InChI=1S/C27H29ClN2O3/c1-3-7-25(31)30(19-21-10-14-23(28)15-11-21)26(22-8-5-4-6-9-22)27(32)29-18-20-12-16-24(33-2)17-13-20/h4-6,8-17,26H,3,7,18-19H2,1-2H3,(H,29,32)/t26-/m1/s1. The number of rotatable bonds is 10. The quantitative estimate of drug-likeness (QED) is 0.429. The van der Waals surface area contributed by atoms with Crippen LogP contribution in [0.15, 0.2) is 78.9 Å². The number of benzene rings is 3. The van der Waals surface area contributed by atoms with E-state index >= 15 is 0 Å². The predicted molar refractivity (Wildman–Crippen MR) is 131 cm³/mol. The van der Waals surface area contributed by atoms with E-state index in [0.717, 1.165) is 22.4 Å². The molecule has 0 aliphatic heterocycles. The fourth-order valence-electron chi connectivity index (χ4n) is 3.60.